The summed E-state index contributed by atoms with van der Waals surface area (Å²) in [7, 11) is 0. The number of hydrogen-bond donors (Lipinski definition) is 3. The summed E-state index contributed by atoms with van der Waals surface area (Å²) in [6, 6.07) is 5.83. The second-order valence-electron chi connectivity index (χ2n) is 4.79. The van der Waals surface area contributed by atoms with Crippen LogP contribution in [0.3, 0.4) is 0 Å². The van der Waals surface area contributed by atoms with Crippen LogP contribution in [-0.4, -0.2) is 30.1 Å². The van der Waals surface area contributed by atoms with E-state index in [0.29, 0.717) is 11.5 Å². The summed E-state index contributed by atoms with van der Waals surface area (Å²) < 4.78 is 0.919. The zero-order valence-electron chi connectivity index (χ0n) is 10.4. The van der Waals surface area contributed by atoms with Crippen molar-refractivity contribution >= 4 is 27.5 Å². The van der Waals surface area contributed by atoms with Crippen molar-refractivity contribution in [2.45, 2.75) is 19.4 Å². The van der Waals surface area contributed by atoms with Crippen LogP contribution in [0.25, 0.3) is 0 Å². The molecule has 18 heavy (non-hydrogen) atoms. The average Bonchev–Trinajstić information content (AvgIpc) is 2.70. The molecule has 1 fully saturated rings. The van der Waals surface area contributed by atoms with Crippen LogP contribution in [0.2, 0.25) is 0 Å². The molecule has 5 heteroatoms. The van der Waals surface area contributed by atoms with Gasteiger partial charge in [-0.15, -0.1) is 0 Å². The summed E-state index contributed by atoms with van der Waals surface area (Å²) in [5.41, 5.74) is 7.24. The zero-order valence-corrected chi connectivity index (χ0v) is 11.9. The van der Waals surface area contributed by atoms with Crippen molar-refractivity contribution in [1.29, 1.82) is 5.41 Å². The number of nitrogens with one attached hydrogen (secondary N) is 1. The van der Waals surface area contributed by atoms with Crippen LogP contribution in [0.1, 0.15) is 18.9 Å². The maximum absolute atomic E-state index is 9.49. The summed E-state index contributed by atoms with van der Waals surface area (Å²) in [5, 5.41) is 16.9. The molecule has 1 aromatic carbocycles. The summed E-state index contributed by atoms with van der Waals surface area (Å²) in [6.07, 6.45) is 1.09. The Hall–Kier alpha value is -1.07. The van der Waals surface area contributed by atoms with Crippen LogP contribution in [0.4, 0.5) is 5.69 Å². The molecule has 2 unspecified atom stereocenters. The molecule has 1 aliphatic heterocycles. The number of nitrogens with two attached hydrogens (primary N) is 1. The molecule has 1 aromatic rings. The number of benzene rings is 1. The molecule has 4 N–H and O–H groups in total. The van der Waals surface area contributed by atoms with E-state index in [2.05, 4.69) is 27.8 Å². The number of anilines is 1. The van der Waals surface area contributed by atoms with E-state index in [1.807, 2.05) is 18.2 Å². The first kappa shape index (κ1) is 13.4. The highest BCUT2D eigenvalue weighted by atomic mass is 79.9. The minimum Gasteiger partial charge on any atom is -0.394 e. The van der Waals surface area contributed by atoms with Gasteiger partial charge in [-0.3, -0.25) is 5.41 Å². The van der Waals surface area contributed by atoms with Gasteiger partial charge < -0.3 is 15.7 Å². The third kappa shape index (κ3) is 2.37. The van der Waals surface area contributed by atoms with E-state index >= 15 is 0 Å². The Morgan fingerprint density at radius 1 is 1.61 bits per heavy atom. The minimum atomic E-state index is 0.0655. The van der Waals surface area contributed by atoms with Crippen molar-refractivity contribution in [2.24, 2.45) is 11.7 Å². The van der Waals surface area contributed by atoms with Gasteiger partial charge >= 0.3 is 0 Å². The van der Waals surface area contributed by atoms with E-state index in [-0.39, 0.29) is 18.5 Å². The summed E-state index contributed by atoms with van der Waals surface area (Å²) in [6.45, 7) is 3.28. The van der Waals surface area contributed by atoms with Gasteiger partial charge in [-0.2, -0.15) is 0 Å². The predicted octanol–water partition coefficient (Wildman–Crippen LogP) is 1.94. The lowest BCUT2D eigenvalue weighted by Gasteiger charge is -2.28. The molecule has 0 spiro atoms. The Morgan fingerprint density at radius 3 is 2.89 bits per heavy atom. The van der Waals surface area contributed by atoms with Gasteiger partial charge in [0.2, 0.25) is 0 Å². The minimum absolute atomic E-state index is 0.0655. The third-order valence-electron chi connectivity index (χ3n) is 3.64. The van der Waals surface area contributed by atoms with Gasteiger partial charge in [0.25, 0.3) is 0 Å². The second-order valence-corrected chi connectivity index (χ2v) is 5.64. The highest BCUT2D eigenvalue weighted by molar-refractivity contribution is 9.10. The van der Waals surface area contributed by atoms with Crippen LogP contribution in [0.15, 0.2) is 22.7 Å². The van der Waals surface area contributed by atoms with E-state index < -0.39 is 0 Å². The summed E-state index contributed by atoms with van der Waals surface area (Å²) in [5.74, 6) is 0.560. The zero-order chi connectivity index (χ0) is 13.3. The lowest BCUT2D eigenvalue weighted by molar-refractivity contribution is 0.244. The van der Waals surface area contributed by atoms with Crippen molar-refractivity contribution in [3.05, 3.63) is 28.2 Å². The average molecular weight is 312 g/mol. The lowest BCUT2D eigenvalue weighted by Crippen LogP contribution is -2.35. The van der Waals surface area contributed by atoms with Crippen LogP contribution in [-0.2, 0) is 0 Å². The van der Waals surface area contributed by atoms with Gasteiger partial charge in [-0.1, -0.05) is 6.92 Å². The number of halogens is 1. The number of aliphatic hydroxyl groups is 1. The molecule has 0 aliphatic carbocycles. The molecular weight excluding hydrogens is 294 g/mol. The number of hydrogen-bond acceptors (Lipinski definition) is 3. The quantitative estimate of drug-likeness (QED) is 0.590. The molecule has 98 valence electrons. The first-order valence-electron chi connectivity index (χ1n) is 6.06. The van der Waals surface area contributed by atoms with E-state index in [0.717, 1.165) is 23.1 Å². The fourth-order valence-electron chi connectivity index (χ4n) is 2.49. The lowest BCUT2D eigenvalue weighted by atomic mass is 10.0. The largest absolute Gasteiger partial charge is 0.394 e. The molecule has 4 nitrogen and oxygen atoms in total. The van der Waals surface area contributed by atoms with Crippen molar-refractivity contribution in [1.82, 2.24) is 0 Å². The Morgan fingerprint density at radius 2 is 2.33 bits per heavy atom. The second kappa shape index (κ2) is 5.28. The van der Waals surface area contributed by atoms with E-state index in [1.165, 1.54) is 0 Å². The fraction of sp³-hybridized carbons (Fsp3) is 0.462. The standard InChI is InChI=1S/C13H18BrN3O/c1-8-4-5-17(12(8)7-18)11-3-2-9(13(15)16)6-10(11)14/h2-3,6,8,12,18H,4-5,7H2,1H3,(H3,15,16). The maximum Gasteiger partial charge on any atom is 0.122 e. The first-order chi connectivity index (χ1) is 8.54. The first-order valence-corrected chi connectivity index (χ1v) is 6.85. The van der Waals surface area contributed by atoms with Crippen LogP contribution < -0.4 is 10.6 Å². The van der Waals surface area contributed by atoms with Gasteiger partial charge in [0.05, 0.1) is 18.3 Å². The Bertz CT molecular complexity index is 464. The predicted molar refractivity (Wildman–Crippen MR) is 77.2 cm³/mol. The van der Waals surface area contributed by atoms with Crippen LogP contribution >= 0.6 is 15.9 Å². The van der Waals surface area contributed by atoms with Gasteiger partial charge in [0.1, 0.15) is 5.84 Å². The normalized spacial score (nSPS) is 23.4. The highest BCUT2D eigenvalue weighted by Crippen LogP contribution is 2.34. The SMILES string of the molecule is CC1CCN(c2ccc(C(=N)N)cc2Br)C1CO. The fourth-order valence-corrected chi connectivity index (χ4v) is 3.10. The molecule has 2 atom stereocenters. The topological polar surface area (TPSA) is 73.3 Å². The number of rotatable bonds is 3. The van der Waals surface area contributed by atoms with Gasteiger partial charge in [0.15, 0.2) is 0 Å². The van der Waals surface area contributed by atoms with Gasteiger partial charge in [-0.05, 0) is 46.5 Å². The molecule has 0 aromatic heterocycles. The molecule has 0 radical (unpaired) electrons. The Balaban J connectivity index is 2.31. The van der Waals surface area contributed by atoms with E-state index in [9.17, 15) is 5.11 Å². The van der Waals surface area contributed by atoms with E-state index in [1.54, 1.807) is 0 Å². The summed E-state index contributed by atoms with van der Waals surface area (Å²) >= 11 is 3.53. The monoisotopic (exact) mass is 311 g/mol. The number of amidine groups is 1. The summed E-state index contributed by atoms with van der Waals surface area (Å²) in [4.78, 5) is 2.22. The molecule has 1 saturated heterocycles. The van der Waals surface area contributed by atoms with Gasteiger partial charge in [0, 0.05) is 16.6 Å². The van der Waals surface area contributed by atoms with E-state index in [4.69, 9.17) is 11.1 Å². The molecule has 1 heterocycles. The number of nitrogen functional groups attached to an aromatic ring is 1. The Labute approximate surface area is 115 Å². The van der Waals surface area contributed by atoms with Crippen molar-refractivity contribution in [3.63, 3.8) is 0 Å². The Kier molecular flexibility index (Phi) is 3.92. The van der Waals surface area contributed by atoms with Crippen molar-refractivity contribution in [2.75, 3.05) is 18.1 Å². The van der Waals surface area contributed by atoms with Crippen LogP contribution in [0.5, 0.6) is 0 Å². The van der Waals surface area contributed by atoms with Crippen molar-refractivity contribution in [3.8, 4) is 0 Å². The highest BCUT2D eigenvalue weighted by Gasteiger charge is 2.31. The molecule has 2 rings (SSSR count). The van der Waals surface area contributed by atoms with Gasteiger partial charge in [-0.25, -0.2) is 0 Å². The molecule has 1 aliphatic rings. The number of nitrogens with zero attached hydrogens (tertiary/aromatic N) is 1. The number of aliphatic hydroxyl groups excluding tert-OH is 1. The smallest absolute Gasteiger partial charge is 0.122 e. The van der Waals surface area contributed by atoms with Crippen molar-refractivity contribution < 1.29 is 5.11 Å². The molecule has 0 saturated carbocycles. The molecule has 0 amide bonds. The molecule has 0 bridgehead atoms. The molecular formula is C13H18BrN3O. The maximum atomic E-state index is 9.49. The third-order valence-corrected chi connectivity index (χ3v) is 4.27. The van der Waals surface area contributed by atoms with Crippen LogP contribution in [0, 0.1) is 11.3 Å².